The number of nitrogens with zero attached hydrogens (tertiary/aromatic N) is 1. The quantitative estimate of drug-likeness (QED) is 0.635. The second-order valence-corrected chi connectivity index (χ2v) is 6.91. The van der Waals surface area contributed by atoms with Gasteiger partial charge in [-0.15, -0.1) is 0 Å². The number of benzene rings is 2. The maximum Gasteiger partial charge on any atom is 0.310 e. The lowest BCUT2D eigenvalue weighted by Crippen LogP contribution is -2.21. The Morgan fingerprint density at radius 1 is 1.07 bits per heavy atom. The molecule has 0 aliphatic rings. The summed E-state index contributed by atoms with van der Waals surface area (Å²) in [5.41, 5.74) is 2.22. The molecular weight excluding hydrogens is 403 g/mol. The predicted molar refractivity (Wildman–Crippen MR) is 113 cm³/mol. The van der Waals surface area contributed by atoms with Crippen molar-refractivity contribution in [3.63, 3.8) is 0 Å². The van der Waals surface area contributed by atoms with Gasteiger partial charge in [0, 0.05) is 19.2 Å². The Morgan fingerprint density at radius 3 is 2.21 bits per heavy atom. The number of esters is 1. The molecule has 0 aliphatic carbocycles. The number of para-hydroxylation sites is 2. The van der Waals surface area contributed by atoms with Gasteiger partial charge < -0.3 is 20.1 Å². The van der Waals surface area contributed by atoms with E-state index in [1.165, 1.54) is 0 Å². The first kappa shape index (κ1) is 23.8. The minimum Gasteiger partial charge on any atom is -0.481 e. The molecule has 2 rings (SSSR count). The molecule has 6 nitrogen and oxygen atoms in total. The van der Waals surface area contributed by atoms with Crippen molar-refractivity contribution in [2.24, 2.45) is 0 Å². The zero-order valence-electron chi connectivity index (χ0n) is 16.0. The number of rotatable bonds is 7. The van der Waals surface area contributed by atoms with E-state index in [0.717, 1.165) is 18.2 Å². The van der Waals surface area contributed by atoms with E-state index in [2.05, 4.69) is 5.32 Å². The topological polar surface area (TPSA) is 78.9 Å². The first-order valence-electron chi connectivity index (χ1n) is 8.49. The highest BCUT2D eigenvalue weighted by Crippen LogP contribution is 2.33. The molecule has 2 aromatic rings. The maximum absolute atomic E-state index is 12.0. The first-order chi connectivity index (χ1) is 13.2. The third-order valence-electron chi connectivity index (χ3n) is 3.38. The molecule has 8 heteroatoms. The van der Waals surface area contributed by atoms with Crippen LogP contribution in [0.3, 0.4) is 0 Å². The zero-order chi connectivity index (χ0) is 21.1. The van der Waals surface area contributed by atoms with Gasteiger partial charge in [-0.25, -0.2) is 0 Å². The third kappa shape index (κ3) is 9.08. The molecule has 2 N–H and O–H groups in total. The maximum atomic E-state index is 12.0. The standard InChI is InChI=1S/C18H20Cl2N2O2.C2H4O2/c1-22(2)10-11-24-17(23)12-13-6-3-4-9-16(13)21-18-14(19)7-5-8-15(18)20;1-2(3)4/h3-9,21H,10-12H2,1-2H3;1H3,(H,3,4). The molecule has 0 bridgehead atoms. The van der Waals surface area contributed by atoms with Crippen molar-refractivity contribution in [2.75, 3.05) is 32.6 Å². The third-order valence-corrected chi connectivity index (χ3v) is 4.01. The molecule has 0 saturated carbocycles. The Labute approximate surface area is 175 Å². The van der Waals surface area contributed by atoms with Crippen LogP contribution in [-0.2, 0) is 20.7 Å². The van der Waals surface area contributed by atoms with Crippen LogP contribution in [0.15, 0.2) is 42.5 Å². The summed E-state index contributed by atoms with van der Waals surface area (Å²) in [5.74, 6) is -1.10. The number of anilines is 2. The molecular formula is C20H24Cl2N2O4. The molecule has 0 unspecified atom stereocenters. The number of carboxylic acids is 1. The van der Waals surface area contributed by atoms with Crippen molar-refractivity contribution < 1.29 is 19.4 Å². The largest absolute Gasteiger partial charge is 0.481 e. The summed E-state index contributed by atoms with van der Waals surface area (Å²) in [6, 6.07) is 12.8. The second kappa shape index (κ2) is 12.2. The highest BCUT2D eigenvalue weighted by molar-refractivity contribution is 6.39. The van der Waals surface area contributed by atoms with E-state index in [-0.39, 0.29) is 12.4 Å². The number of ether oxygens (including phenoxy) is 1. The Bertz CT molecular complexity index is 773. The van der Waals surface area contributed by atoms with Crippen molar-refractivity contribution in [1.82, 2.24) is 4.90 Å². The fourth-order valence-corrected chi connectivity index (χ4v) is 2.59. The monoisotopic (exact) mass is 426 g/mol. The molecule has 2 aromatic carbocycles. The smallest absolute Gasteiger partial charge is 0.310 e. The highest BCUT2D eigenvalue weighted by Gasteiger charge is 2.12. The second-order valence-electron chi connectivity index (χ2n) is 6.10. The summed E-state index contributed by atoms with van der Waals surface area (Å²) in [7, 11) is 3.86. The van der Waals surface area contributed by atoms with Crippen molar-refractivity contribution >= 4 is 46.5 Å². The van der Waals surface area contributed by atoms with Crippen molar-refractivity contribution in [3.8, 4) is 0 Å². The van der Waals surface area contributed by atoms with E-state index >= 15 is 0 Å². The van der Waals surface area contributed by atoms with E-state index < -0.39 is 5.97 Å². The number of nitrogens with one attached hydrogen (secondary N) is 1. The van der Waals surface area contributed by atoms with E-state index in [1.807, 2.05) is 43.3 Å². The number of likely N-dealkylation sites (N-methyl/N-ethyl adjacent to an activating group) is 1. The molecule has 0 saturated heterocycles. The molecule has 0 aliphatic heterocycles. The van der Waals surface area contributed by atoms with Crippen LogP contribution in [0.2, 0.25) is 10.0 Å². The number of hydrogen-bond acceptors (Lipinski definition) is 5. The fourth-order valence-electron chi connectivity index (χ4n) is 2.10. The molecule has 0 heterocycles. The van der Waals surface area contributed by atoms with Gasteiger partial charge in [-0.05, 0) is 37.9 Å². The van der Waals surface area contributed by atoms with Gasteiger partial charge in [0.15, 0.2) is 0 Å². The van der Waals surface area contributed by atoms with Crippen LogP contribution < -0.4 is 5.32 Å². The fraction of sp³-hybridized carbons (Fsp3) is 0.300. The SMILES string of the molecule is CC(=O)O.CN(C)CCOC(=O)Cc1ccccc1Nc1c(Cl)cccc1Cl. The molecule has 0 aromatic heterocycles. The lowest BCUT2D eigenvalue weighted by Gasteiger charge is -2.14. The van der Waals surface area contributed by atoms with Gasteiger partial charge in [-0.3, -0.25) is 9.59 Å². The van der Waals surface area contributed by atoms with Gasteiger partial charge in [-0.2, -0.15) is 0 Å². The Kier molecular flexibility index (Phi) is 10.4. The van der Waals surface area contributed by atoms with Gasteiger partial charge in [0.05, 0.1) is 22.2 Å². The van der Waals surface area contributed by atoms with Gasteiger partial charge in [0.25, 0.3) is 5.97 Å². The van der Waals surface area contributed by atoms with Gasteiger partial charge in [0.1, 0.15) is 6.61 Å². The number of carboxylic acid groups (broad SMARTS) is 1. The Morgan fingerprint density at radius 2 is 1.64 bits per heavy atom. The van der Waals surface area contributed by atoms with E-state index in [1.54, 1.807) is 18.2 Å². The summed E-state index contributed by atoms with van der Waals surface area (Å²) in [6.45, 7) is 2.15. The minimum absolute atomic E-state index is 0.179. The van der Waals surface area contributed by atoms with Crippen LogP contribution in [0.1, 0.15) is 12.5 Å². The molecule has 28 heavy (non-hydrogen) atoms. The summed E-state index contributed by atoms with van der Waals surface area (Å²) in [5, 5.41) is 11.7. The normalized spacial score (nSPS) is 10.1. The van der Waals surface area contributed by atoms with Crippen molar-refractivity contribution in [3.05, 3.63) is 58.1 Å². The van der Waals surface area contributed by atoms with Crippen LogP contribution in [0.25, 0.3) is 0 Å². The van der Waals surface area contributed by atoms with Crippen LogP contribution in [0, 0.1) is 0 Å². The van der Waals surface area contributed by atoms with Crippen molar-refractivity contribution in [1.29, 1.82) is 0 Å². The summed E-state index contributed by atoms with van der Waals surface area (Å²) >= 11 is 12.4. The number of aliphatic carboxylic acids is 1. The zero-order valence-corrected chi connectivity index (χ0v) is 17.5. The average molecular weight is 427 g/mol. The summed E-state index contributed by atoms with van der Waals surface area (Å²) in [4.78, 5) is 23.0. The average Bonchev–Trinajstić information content (AvgIpc) is 2.59. The van der Waals surface area contributed by atoms with Crippen molar-refractivity contribution in [2.45, 2.75) is 13.3 Å². The van der Waals surface area contributed by atoms with Crippen LogP contribution >= 0.6 is 23.2 Å². The van der Waals surface area contributed by atoms with Crippen LogP contribution in [-0.4, -0.2) is 49.2 Å². The van der Waals surface area contributed by atoms with E-state index in [0.29, 0.717) is 28.9 Å². The van der Waals surface area contributed by atoms with Gasteiger partial charge in [-0.1, -0.05) is 47.5 Å². The number of halogens is 2. The van der Waals surface area contributed by atoms with Crippen LogP contribution in [0.4, 0.5) is 11.4 Å². The van der Waals surface area contributed by atoms with Gasteiger partial charge >= 0.3 is 5.97 Å². The highest BCUT2D eigenvalue weighted by atomic mass is 35.5. The summed E-state index contributed by atoms with van der Waals surface area (Å²) < 4.78 is 5.25. The predicted octanol–water partition coefficient (Wildman–Crippen LogP) is 4.48. The lowest BCUT2D eigenvalue weighted by atomic mass is 10.1. The summed E-state index contributed by atoms with van der Waals surface area (Å²) in [6.07, 6.45) is 0.179. The number of hydrogen-bond donors (Lipinski definition) is 2. The van der Waals surface area contributed by atoms with E-state index in [9.17, 15) is 4.79 Å². The molecule has 152 valence electrons. The lowest BCUT2D eigenvalue weighted by molar-refractivity contribution is -0.143. The van der Waals surface area contributed by atoms with Gasteiger partial charge in [0.2, 0.25) is 0 Å². The molecule has 0 atom stereocenters. The number of carbonyl (C=O) groups is 2. The molecule has 0 amide bonds. The Hall–Kier alpha value is -2.28. The van der Waals surface area contributed by atoms with E-state index in [4.69, 9.17) is 37.8 Å². The minimum atomic E-state index is -0.833. The first-order valence-corrected chi connectivity index (χ1v) is 9.25. The molecule has 0 radical (unpaired) electrons. The Balaban J connectivity index is 0.000000892. The number of carbonyl (C=O) groups excluding carboxylic acids is 1. The molecule has 0 fully saturated rings. The van der Waals surface area contributed by atoms with Crippen LogP contribution in [0.5, 0.6) is 0 Å². The molecule has 0 spiro atoms.